The number of ether oxygens (including phenoxy) is 1. The van der Waals surface area contributed by atoms with Gasteiger partial charge >= 0.3 is 0 Å². The summed E-state index contributed by atoms with van der Waals surface area (Å²) in [5.41, 5.74) is 0.496. The predicted molar refractivity (Wildman–Crippen MR) is 122 cm³/mol. The Balaban J connectivity index is 1.89. The standard InChI is InChI=1S/C25H27FN2O5/c1-4-27(5-2)11-12-28-22(15-7-9-18(29)20(13-15)32-6-3)21-23(30)17-14-16(26)8-10-19(17)33-24(21)25(28)31/h7-10,13-14,22,29H,4-6,11-12H2,1-3H3. The third kappa shape index (κ3) is 4.06. The van der Waals surface area contributed by atoms with Gasteiger partial charge in [0, 0.05) is 13.1 Å². The number of phenolic OH excluding ortho intramolecular Hbond substituents is 1. The lowest BCUT2D eigenvalue weighted by molar-refractivity contribution is 0.0708. The number of hydrogen-bond donors (Lipinski definition) is 1. The van der Waals surface area contributed by atoms with Crippen LogP contribution < -0.4 is 10.2 Å². The van der Waals surface area contributed by atoms with Crippen LogP contribution in [0.25, 0.3) is 11.0 Å². The van der Waals surface area contributed by atoms with Crippen LogP contribution in [-0.2, 0) is 0 Å². The van der Waals surface area contributed by atoms with Gasteiger partial charge in [-0.25, -0.2) is 4.39 Å². The van der Waals surface area contributed by atoms with Crippen molar-refractivity contribution in [2.75, 3.05) is 32.8 Å². The SMILES string of the molecule is CCOc1cc(C2c3c(oc4ccc(F)cc4c3=O)C(=O)N2CCN(CC)CC)ccc1O. The molecule has 1 atom stereocenters. The van der Waals surface area contributed by atoms with E-state index in [1.807, 2.05) is 13.8 Å². The molecule has 1 amide bonds. The first-order valence-corrected chi connectivity index (χ1v) is 11.1. The van der Waals surface area contributed by atoms with Crippen LogP contribution in [0.3, 0.4) is 0 Å². The van der Waals surface area contributed by atoms with Crippen molar-refractivity contribution in [2.24, 2.45) is 0 Å². The van der Waals surface area contributed by atoms with Crippen molar-refractivity contribution in [2.45, 2.75) is 26.8 Å². The number of aromatic hydroxyl groups is 1. The van der Waals surface area contributed by atoms with E-state index in [9.17, 15) is 19.1 Å². The lowest BCUT2D eigenvalue weighted by Crippen LogP contribution is -2.37. The maximum absolute atomic E-state index is 13.9. The average Bonchev–Trinajstić information content (AvgIpc) is 3.08. The molecule has 0 bridgehead atoms. The zero-order valence-electron chi connectivity index (χ0n) is 18.9. The normalized spacial score (nSPS) is 15.5. The van der Waals surface area contributed by atoms with Gasteiger partial charge in [-0.05, 0) is 55.9 Å². The molecule has 8 heteroatoms. The Labute approximate surface area is 191 Å². The number of phenols is 1. The third-order valence-corrected chi connectivity index (χ3v) is 6.08. The molecule has 1 unspecified atom stereocenters. The first-order valence-electron chi connectivity index (χ1n) is 11.1. The maximum Gasteiger partial charge on any atom is 0.290 e. The van der Waals surface area contributed by atoms with Gasteiger partial charge in [0.25, 0.3) is 5.91 Å². The summed E-state index contributed by atoms with van der Waals surface area (Å²) in [4.78, 5) is 30.7. The highest BCUT2D eigenvalue weighted by Crippen LogP contribution is 2.40. The zero-order valence-corrected chi connectivity index (χ0v) is 18.9. The van der Waals surface area contributed by atoms with Crippen molar-refractivity contribution in [3.63, 3.8) is 0 Å². The first kappa shape index (κ1) is 22.8. The summed E-state index contributed by atoms with van der Waals surface area (Å²) in [6, 6.07) is 7.71. The number of carbonyl (C=O) groups excluding carboxylic acids is 1. The summed E-state index contributed by atoms with van der Waals surface area (Å²) in [6.45, 7) is 8.85. The molecule has 0 saturated carbocycles. The fraction of sp³-hybridized carbons (Fsp3) is 0.360. The van der Waals surface area contributed by atoms with Crippen molar-refractivity contribution in [1.82, 2.24) is 9.80 Å². The Morgan fingerprint density at radius 2 is 1.88 bits per heavy atom. The fourth-order valence-electron chi connectivity index (χ4n) is 4.33. The van der Waals surface area contributed by atoms with Crippen LogP contribution in [0.4, 0.5) is 4.39 Å². The molecule has 2 heterocycles. The second kappa shape index (κ2) is 9.23. The van der Waals surface area contributed by atoms with Crippen LogP contribution in [0.15, 0.2) is 45.6 Å². The molecule has 33 heavy (non-hydrogen) atoms. The van der Waals surface area contributed by atoms with Crippen molar-refractivity contribution in [3.8, 4) is 11.5 Å². The number of amides is 1. The molecule has 0 saturated heterocycles. The van der Waals surface area contributed by atoms with E-state index < -0.39 is 23.2 Å². The highest BCUT2D eigenvalue weighted by Gasteiger charge is 2.43. The molecule has 2 aromatic carbocycles. The highest BCUT2D eigenvalue weighted by atomic mass is 19.1. The number of benzene rings is 2. The van der Waals surface area contributed by atoms with E-state index in [-0.39, 0.29) is 33.8 Å². The van der Waals surface area contributed by atoms with Crippen LogP contribution >= 0.6 is 0 Å². The van der Waals surface area contributed by atoms with E-state index in [0.29, 0.717) is 25.3 Å². The van der Waals surface area contributed by atoms with Gasteiger partial charge in [0.15, 0.2) is 16.9 Å². The van der Waals surface area contributed by atoms with E-state index in [1.165, 1.54) is 18.2 Å². The number of nitrogens with zero attached hydrogens (tertiary/aromatic N) is 2. The fourth-order valence-corrected chi connectivity index (χ4v) is 4.33. The van der Waals surface area contributed by atoms with E-state index in [1.54, 1.807) is 24.0 Å². The first-order chi connectivity index (χ1) is 15.9. The third-order valence-electron chi connectivity index (χ3n) is 6.08. The van der Waals surface area contributed by atoms with Crippen LogP contribution in [0, 0.1) is 5.82 Å². The molecule has 0 spiro atoms. The smallest absolute Gasteiger partial charge is 0.290 e. The summed E-state index contributed by atoms with van der Waals surface area (Å²) in [5, 5.41) is 10.2. The van der Waals surface area contributed by atoms with E-state index in [2.05, 4.69) is 4.90 Å². The molecular formula is C25H27FN2O5. The quantitative estimate of drug-likeness (QED) is 0.556. The summed E-state index contributed by atoms with van der Waals surface area (Å²) in [5.74, 6) is -0.758. The number of hydrogen-bond acceptors (Lipinski definition) is 6. The summed E-state index contributed by atoms with van der Waals surface area (Å²) < 4.78 is 25.3. The molecular weight excluding hydrogens is 427 g/mol. The van der Waals surface area contributed by atoms with Crippen LogP contribution in [-0.4, -0.2) is 53.6 Å². The molecule has 3 aromatic rings. The van der Waals surface area contributed by atoms with Crippen LogP contribution in [0.5, 0.6) is 11.5 Å². The molecule has 0 radical (unpaired) electrons. The minimum Gasteiger partial charge on any atom is -0.504 e. The lowest BCUT2D eigenvalue weighted by Gasteiger charge is -2.28. The highest BCUT2D eigenvalue weighted by molar-refractivity contribution is 5.99. The zero-order chi connectivity index (χ0) is 23.7. The van der Waals surface area contributed by atoms with Gasteiger partial charge in [0.1, 0.15) is 11.4 Å². The minimum atomic E-state index is -0.744. The number of likely N-dealkylation sites (N-methyl/N-ethyl adjacent to an activating group) is 1. The number of fused-ring (bicyclic) bond motifs is 2. The molecule has 0 fully saturated rings. The Morgan fingerprint density at radius 3 is 2.58 bits per heavy atom. The van der Waals surface area contributed by atoms with Gasteiger partial charge in [0.05, 0.1) is 23.6 Å². The Morgan fingerprint density at radius 1 is 1.12 bits per heavy atom. The largest absolute Gasteiger partial charge is 0.504 e. The molecule has 4 rings (SSSR count). The maximum atomic E-state index is 13.9. The predicted octanol–water partition coefficient (Wildman–Crippen LogP) is 3.92. The van der Waals surface area contributed by atoms with Crippen molar-refractivity contribution >= 4 is 16.9 Å². The number of carbonyl (C=O) groups is 1. The summed E-state index contributed by atoms with van der Waals surface area (Å²) in [7, 11) is 0. The Hall–Kier alpha value is -3.39. The lowest BCUT2D eigenvalue weighted by atomic mass is 9.98. The molecule has 174 valence electrons. The van der Waals surface area contributed by atoms with Gasteiger partial charge in [-0.1, -0.05) is 19.9 Å². The number of rotatable bonds is 8. The average molecular weight is 454 g/mol. The van der Waals surface area contributed by atoms with Gasteiger partial charge < -0.3 is 24.1 Å². The number of halogens is 1. The van der Waals surface area contributed by atoms with Gasteiger partial charge in [-0.2, -0.15) is 0 Å². The Kier molecular flexibility index (Phi) is 6.37. The van der Waals surface area contributed by atoms with E-state index in [4.69, 9.17) is 9.15 Å². The minimum absolute atomic E-state index is 0.0327. The molecule has 0 aliphatic carbocycles. The van der Waals surface area contributed by atoms with Crippen molar-refractivity contribution in [3.05, 3.63) is 69.3 Å². The summed E-state index contributed by atoms with van der Waals surface area (Å²) in [6.07, 6.45) is 0. The van der Waals surface area contributed by atoms with E-state index in [0.717, 1.165) is 19.2 Å². The van der Waals surface area contributed by atoms with Gasteiger partial charge in [-0.3, -0.25) is 9.59 Å². The molecule has 1 aliphatic rings. The van der Waals surface area contributed by atoms with Gasteiger partial charge in [-0.15, -0.1) is 0 Å². The molecule has 1 aromatic heterocycles. The van der Waals surface area contributed by atoms with Crippen molar-refractivity contribution in [1.29, 1.82) is 0 Å². The topological polar surface area (TPSA) is 83.2 Å². The van der Waals surface area contributed by atoms with Crippen molar-refractivity contribution < 1.29 is 23.4 Å². The summed E-state index contributed by atoms with van der Waals surface area (Å²) >= 11 is 0. The molecule has 7 nitrogen and oxygen atoms in total. The second-order valence-corrected chi connectivity index (χ2v) is 7.90. The van der Waals surface area contributed by atoms with Gasteiger partial charge in [0.2, 0.25) is 5.76 Å². The van der Waals surface area contributed by atoms with Crippen LogP contribution in [0.2, 0.25) is 0 Å². The molecule has 1 N–H and O–H groups in total. The molecule has 1 aliphatic heterocycles. The second-order valence-electron chi connectivity index (χ2n) is 7.90. The Bertz CT molecular complexity index is 1250. The monoisotopic (exact) mass is 454 g/mol. The van der Waals surface area contributed by atoms with Crippen LogP contribution in [0.1, 0.15) is 48.5 Å². The van der Waals surface area contributed by atoms with E-state index >= 15 is 0 Å².